The van der Waals surface area contributed by atoms with E-state index in [4.69, 9.17) is 4.42 Å². The van der Waals surface area contributed by atoms with E-state index in [-0.39, 0.29) is 12.3 Å². The summed E-state index contributed by atoms with van der Waals surface area (Å²) >= 11 is 0. The Balaban J connectivity index is 2.11. The molecule has 0 radical (unpaired) electrons. The number of hydrogen-bond acceptors (Lipinski definition) is 5. The smallest absolute Gasteiger partial charge is 0.395 e. The summed E-state index contributed by atoms with van der Waals surface area (Å²) in [5, 5.41) is 19.6. The number of nitro groups is 1. The van der Waals surface area contributed by atoms with Gasteiger partial charge in [0.05, 0.1) is 12.2 Å². The van der Waals surface area contributed by atoms with Crippen LogP contribution in [-0.2, 0) is 0 Å². The number of likely N-dealkylation sites (tertiary alicyclic amines) is 1. The minimum atomic E-state index is -0.699. The average Bonchev–Trinajstić information content (AvgIpc) is 2.84. The van der Waals surface area contributed by atoms with Gasteiger partial charge in [-0.2, -0.15) is 0 Å². The van der Waals surface area contributed by atoms with Crippen LogP contribution in [0.3, 0.4) is 0 Å². The highest BCUT2D eigenvalue weighted by molar-refractivity contribution is 5.92. The van der Waals surface area contributed by atoms with E-state index in [1.807, 2.05) is 0 Å². The maximum Gasteiger partial charge on any atom is 0.433 e. The van der Waals surface area contributed by atoms with Gasteiger partial charge < -0.3 is 14.4 Å². The summed E-state index contributed by atoms with van der Waals surface area (Å²) in [6.07, 6.45) is 0.00282. The standard InChI is InChI=1S/C9H10N2O5/c12-6-3-4-10(5-6)9(13)7-1-2-8(16-7)11(14)15/h1-2,6,12H,3-5H2. The van der Waals surface area contributed by atoms with E-state index in [0.717, 1.165) is 6.07 Å². The van der Waals surface area contributed by atoms with Crippen molar-refractivity contribution in [2.45, 2.75) is 12.5 Å². The molecule has 7 nitrogen and oxygen atoms in total. The van der Waals surface area contributed by atoms with E-state index >= 15 is 0 Å². The van der Waals surface area contributed by atoms with E-state index in [1.54, 1.807) is 0 Å². The Bertz CT molecular complexity index is 427. The Morgan fingerprint density at radius 2 is 2.38 bits per heavy atom. The van der Waals surface area contributed by atoms with E-state index in [0.29, 0.717) is 13.0 Å². The predicted molar refractivity (Wildman–Crippen MR) is 51.9 cm³/mol. The number of nitrogens with zero attached hydrogens (tertiary/aromatic N) is 2. The Kier molecular flexibility index (Phi) is 2.61. The predicted octanol–water partition coefficient (Wildman–Crippen LogP) is 0.395. The summed E-state index contributed by atoms with van der Waals surface area (Å²) in [6.45, 7) is 0.682. The molecule has 1 fully saturated rings. The number of carbonyl (C=O) groups excluding carboxylic acids is 1. The van der Waals surface area contributed by atoms with Crippen molar-refractivity contribution in [2.75, 3.05) is 13.1 Å². The Hall–Kier alpha value is -1.89. The van der Waals surface area contributed by atoms with Crippen LogP contribution in [0.25, 0.3) is 0 Å². The Labute approximate surface area is 90.4 Å². The van der Waals surface area contributed by atoms with E-state index < -0.39 is 22.8 Å². The van der Waals surface area contributed by atoms with Gasteiger partial charge in [-0.25, -0.2) is 0 Å². The first-order valence-electron chi connectivity index (χ1n) is 4.79. The largest absolute Gasteiger partial charge is 0.433 e. The third-order valence-electron chi connectivity index (χ3n) is 2.43. The normalized spacial score (nSPS) is 20.1. The molecule has 1 aromatic heterocycles. The average molecular weight is 226 g/mol. The molecule has 1 saturated heterocycles. The van der Waals surface area contributed by atoms with Crippen LogP contribution in [0.15, 0.2) is 16.5 Å². The van der Waals surface area contributed by atoms with Crippen LogP contribution in [0, 0.1) is 10.1 Å². The van der Waals surface area contributed by atoms with Crippen LogP contribution in [0.5, 0.6) is 0 Å². The molecular formula is C9H10N2O5. The fourth-order valence-corrected chi connectivity index (χ4v) is 1.62. The Morgan fingerprint density at radius 1 is 1.62 bits per heavy atom. The van der Waals surface area contributed by atoms with Crippen LogP contribution < -0.4 is 0 Å². The van der Waals surface area contributed by atoms with Crippen molar-refractivity contribution in [3.63, 3.8) is 0 Å². The van der Waals surface area contributed by atoms with Gasteiger partial charge >= 0.3 is 5.88 Å². The first-order chi connectivity index (χ1) is 7.58. The highest BCUT2D eigenvalue weighted by Crippen LogP contribution is 2.19. The van der Waals surface area contributed by atoms with Crippen molar-refractivity contribution in [1.29, 1.82) is 0 Å². The van der Waals surface area contributed by atoms with Gasteiger partial charge in [0.1, 0.15) is 4.92 Å². The van der Waals surface area contributed by atoms with Crippen molar-refractivity contribution < 1.29 is 19.2 Å². The molecule has 1 aliphatic heterocycles. The van der Waals surface area contributed by atoms with E-state index in [2.05, 4.69) is 0 Å². The third-order valence-corrected chi connectivity index (χ3v) is 2.43. The second-order valence-corrected chi connectivity index (χ2v) is 3.59. The molecule has 0 spiro atoms. The van der Waals surface area contributed by atoms with Gasteiger partial charge in [-0.1, -0.05) is 0 Å². The second kappa shape index (κ2) is 3.93. The van der Waals surface area contributed by atoms with Gasteiger partial charge in [0.15, 0.2) is 5.76 Å². The van der Waals surface area contributed by atoms with E-state index in [1.165, 1.54) is 11.0 Å². The van der Waals surface area contributed by atoms with Crippen molar-refractivity contribution in [2.24, 2.45) is 0 Å². The zero-order chi connectivity index (χ0) is 11.7. The van der Waals surface area contributed by atoms with E-state index in [9.17, 15) is 20.0 Å². The number of aliphatic hydroxyl groups is 1. The quantitative estimate of drug-likeness (QED) is 0.581. The number of rotatable bonds is 2. The molecule has 1 amide bonds. The molecular weight excluding hydrogens is 216 g/mol. The molecule has 1 N–H and O–H groups in total. The van der Waals surface area contributed by atoms with Gasteiger partial charge in [-0.05, 0) is 12.5 Å². The SMILES string of the molecule is O=C(c1ccc([N+](=O)[O-])o1)N1CCC(O)C1. The number of β-amino-alcohol motifs (C(OH)–C–C–N with tert-alkyl or cyclic N) is 1. The molecule has 1 unspecified atom stereocenters. The second-order valence-electron chi connectivity index (χ2n) is 3.59. The van der Waals surface area contributed by atoms with Crippen LogP contribution in [-0.4, -0.2) is 40.0 Å². The maximum atomic E-state index is 11.7. The van der Waals surface area contributed by atoms with Crippen LogP contribution >= 0.6 is 0 Å². The molecule has 0 aromatic carbocycles. The minimum absolute atomic E-state index is 0.0687. The molecule has 1 aliphatic rings. The molecule has 86 valence electrons. The molecule has 1 atom stereocenters. The molecule has 0 aliphatic carbocycles. The molecule has 1 aromatic rings. The number of amides is 1. The lowest BCUT2D eigenvalue weighted by atomic mass is 10.3. The molecule has 16 heavy (non-hydrogen) atoms. The molecule has 0 saturated carbocycles. The molecule has 7 heteroatoms. The topological polar surface area (TPSA) is 96.8 Å². The lowest BCUT2D eigenvalue weighted by molar-refractivity contribution is -0.402. The zero-order valence-corrected chi connectivity index (χ0v) is 8.33. The summed E-state index contributed by atoms with van der Waals surface area (Å²) in [4.78, 5) is 22.8. The van der Waals surface area contributed by atoms with Gasteiger partial charge in [0.2, 0.25) is 0 Å². The van der Waals surface area contributed by atoms with Crippen molar-refractivity contribution in [3.8, 4) is 0 Å². The van der Waals surface area contributed by atoms with Crippen molar-refractivity contribution in [3.05, 3.63) is 28.0 Å². The third kappa shape index (κ3) is 1.89. The first kappa shape index (κ1) is 10.6. The van der Waals surface area contributed by atoms with Crippen LogP contribution in [0.4, 0.5) is 5.88 Å². The summed E-state index contributed by atoms with van der Waals surface area (Å²) in [5.41, 5.74) is 0. The fourth-order valence-electron chi connectivity index (χ4n) is 1.62. The van der Waals surface area contributed by atoms with Crippen molar-refractivity contribution >= 4 is 11.8 Å². The van der Waals surface area contributed by atoms with Gasteiger partial charge in [0.25, 0.3) is 5.91 Å². The minimum Gasteiger partial charge on any atom is -0.395 e. The summed E-state index contributed by atoms with van der Waals surface area (Å²) in [6, 6.07) is 2.41. The maximum absolute atomic E-state index is 11.7. The molecule has 2 heterocycles. The highest BCUT2D eigenvalue weighted by Gasteiger charge is 2.28. The summed E-state index contributed by atoms with van der Waals surface area (Å²) in [7, 11) is 0. The summed E-state index contributed by atoms with van der Waals surface area (Å²) in [5.74, 6) is -0.950. The highest BCUT2D eigenvalue weighted by atomic mass is 16.6. The lowest BCUT2D eigenvalue weighted by Crippen LogP contribution is -2.29. The van der Waals surface area contributed by atoms with Crippen LogP contribution in [0.1, 0.15) is 17.0 Å². The number of furan rings is 1. The van der Waals surface area contributed by atoms with Gasteiger partial charge in [-0.15, -0.1) is 0 Å². The lowest BCUT2D eigenvalue weighted by Gasteiger charge is -2.12. The number of carbonyl (C=O) groups is 1. The first-order valence-corrected chi connectivity index (χ1v) is 4.79. The monoisotopic (exact) mass is 226 g/mol. The molecule has 2 rings (SSSR count). The molecule has 0 bridgehead atoms. The number of aliphatic hydroxyl groups excluding tert-OH is 1. The zero-order valence-electron chi connectivity index (χ0n) is 8.33. The van der Waals surface area contributed by atoms with Crippen LogP contribution in [0.2, 0.25) is 0 Å². The van der Waals surface area contributed by atoms with Gasteiger partial charge in [0, 0.05) is 13.1 Å². The Morgan fingerprint density at radius 3 is 2.88 bits per heavy atom. The van der Waals surface area contributed by atoms with Crippen molar-refractivity contribution in [1.82, 2.24) is 4.90 Å². The van der Waals surface area contributed by atoms with Gasteiger partial charge in [-0.3, -0.25) is 14.9 Å². The number of hydrogen-bond donors (Lipinski definition) is 1. The fraction of sp³-hybridized carbons (Fsp3) is 0.444. The summed E-state index contributed by atoms with van der Waals surface area (Å²) < 4.78 is 4.78.